The summed E-state index contributed by atoms with van der Waals surface area (Å²) in [7, 11) is 0. The number of nitro groups is 1. The molecule has 9 heteroatoms. The number of anilines is 1. The van der Waals surface area contributed by atoms with Crippen LogP contribution in [0.2, 0.25) is 0 Å². The van der Waals surface area contributed by atoms with Gasteiger partial charge in [0.2, 0.25) is 5.91 Å². The van der Waals surface area contributed by atoms with E-state index in [1.807, 2.05) is 0 Å². The van der Waals surface area contributed by atoms with Gasteiger partial charge >= 0.3 is 0 Å². The Labute approximate surface area is 120 Å². The maximum atomic E-state index is 12.2. The Kier molecular flexibility index (Phi) is 5.19. The molecular weight excluding hydrogens is 278 g/mol. The normalized spacial score (nSPS) is 11.8. The summed E-state index contributed by atoms with van der Waals surface area (Å²) in [6.45, 7) is 3.43. The van der Waals surface area contributed by atoms with E-state index >= 15 is 0 Å². The van der Waals surface area contributed by atoms with Gasteiger partial charge in [0.1, 0.15) is 6.04 Å². The van der Waals surface area contributed by atoms with Crippen molar-refractivity contribution in [2.45, 2.75) is 19.9 Å². The molecule has 2 amide bonds. The lowest BCUT2D eigenvalue weighted by Crippen LogP contribution is -2.47. The van der Waals surface area contributed by atoms with Crippen LogP contribution in [0.4, 0.5) is 11.4 Å². The van der Waals surface area contributed by atoms with Gasteiger partial charge in [-0.25, -0.2) is 0 Å². The summed E-state index contributed by atoms with van der Waals surface area (Å²) < 4.78 is 0. The van der Waals surface area contributed by atoms with E-state index in [0.29, 0.717) is 0 Å². The summed E-state index contributed by atoms with van der Waals surface area (Å²) in [5, 5.41) is 13.2. The Morgan fingerprint density at radius 3 is 2.38 bits per heavy atom. The maximum absolute atomic E-state index is 12.2. The van der Waals surface area contributed by atoms with Crippen LogP contribution in [0.3, 0.4) is 0 Å². The molecule has 0 fully saturated rings. The third-order valence-electron chi connectivity index (χ3n) is 2.87. The van der Waals surface area contributed by atoms with Gasteiger partial charge in [-0.1, -0.05) is 13.8 Å². The molecule has 1 rings (SSSR count). The molecular formula is C12H17N5O4. The molecule has 0 aromatic heterocycles. The predicted octanol–water partition coefficient (Wildman–Crippen LogP) is 0.120. The van der Waals surface area contributed by atoms with Crippen molar-refractivity contribution in [3.63, 3.8) is 0 Å². The molecule has 1 aromatic carbocycles. The number of nitrogens with two attached hydrogens (primary N) is 2. The quantitative estimate of drug-likeness (QED) is 0.332. The first kappa shape index (κ1) is 16.4. The number of benzene rings is 1. The number of carbonyl (C=O) groups is 2. The fourth-order valence-corrected chi connectivity index (χ4v) is 1.74. The number of nitrogens with zero attached hydrogens (tertiary/aromatic N) is 1. The first-order valence-electron chi connectivity index (χ1n) is 6.13. The lowest BCUT2D eigenvalue weighted by atomic mass is 10.0. The van der Waals surface area contributed by atoms with Crippen molar-refractivity contribution < 1.29 is 14.5 Å². The fourth-order valence-electron chi connectivity index (χ4n) is 1.74. The minimum Gasteiger partial charge on any atom is -0.368 e. The number of carbonyl (C=O) groups excluding carboxylic acids is 2. The van der Waals surface area contributed by atoms with E-state index < -0.39 is 22.8 Å². The van der Waals surface area contributed by atoms with Crippen LogP contribution in [0, 0.1) is 16.0 Å². The first-order valence-corrected chi connectivity index (χ1v) is 6.13. The average molecular weight is 295 g/mol. The second-order valence-corrected chi connectivity index (χ2v) is 4.73. The molecule has 6 N–H and O–H groups in total. The Bertz CT molecular complexity index is 573. The SMILES string of the molecule is CC(C)C(NC(=O)c1cc([N+](=O)[O-])ccc1NN)C(N)=O. The highest BCUT2D eigenvalue weighted by molar-refractivity contribution is 6.02. The molecule has 0 aliphatic rings. The molecule has 0 aliphatic carbocycles. The van der Waals surface area contributed by atoms with Gasteiger partial charge in [-0.3, -0.25) is 25.5 Å². The van der Waals surface area contributed by atoms with Gasteiger partial charge < -0.3 is 16.5 Å². The molecule has 1 atom stereocenters. The monoisotopic (exact) mass is 295 g/mol. The van der Waals surface area contributed by atoms with Gasteiger partial charge in [0, 0.05) is 12.1 Å². The summed E-state index contributed by atoms with van der Waals surface area (Å²) >= 11 is 0. The van der Waals surface area contributed by atoms with Crippen LogP contribution in [0.5, 0.6) is 0 Å². The summed E-state index contributed by atoms with van der Waals surface area (Å²) in [6, 6.07) is 2.70. The lowest BCUT2D eigenvalue weighted by Gasteiger charge is -2.19. The summed E-state index contributed by atoms with van der Waals surface area (Å²) in [5.74, 6) is 3.69. The molecule has 0 aliphatic heterocycles. The van der Waals surface area contributed by atoms with E-state index in [9.17, 15) is 19.7 Å². The number of hydrogen-bond acceptors (Lipinski definition) is 6. The molecule has 0 spiro atoms. The number of rotatable bonds is 6. The molecule has 9 nitrogen and oxygen atoms in total. The highest BCUT2D eigenvalue weighted by atomic mass is 16.6. The number of non-ortho nitro benzene ring substituents is 1. The summed E-state index contributed by atoms with van der Waals surface area (Å²) in [4.78, 5) is 33.6. The standard InChI is InChI=1S/C12H17N5O4/c1-6(2)10(11(13)18)15-12(19)8-5-7(17(20)21)3-4-9(8)16-14/h3-6,10,16H,14H2,1-2H3,(H2,13,18)(H,15,19). The Balaban J connectivity index is 3.13. The highest BCUT2D eigenvalue weighted by Gasteiger charge is 2.24. The van der Waals surface area contributed by atoms with Crippen molar-refractivity contribution in [1.82, 2.24) is 5.32 Å². The van der Waals surface area contributed by atoms with Crippen LogP contribution in [-0.2, 0) is 4.79 Å². The zero-order chi connectivity index (χ0) is 16.2. The number of hydrazine groups is 1. The van der Waals surface area contributed by atoms with E-state index in [-0.39, 0.29) is 22.9 Å². The van der Waals surface area contributed by atoms with Crippen LogP contribution in [0.1, 0.15) is 24.2 Å². The molecule has 21 heavy (non-hydrogen) atoms. The van der Waals surface area contributed by atoms with Gasteiger partial charge in [0.15, 0.2) is 0 Å². The van der Waals surface area contributed by atoms with E-state index in [2.05, 4.69) is 10.7 Å². The second kappa shape index (κ2) is 6.66. The lowest BCUT2D eigenvalue weighted by molar-refractivity contribution is -0.384. The van der Waals surface area contributed by atoms with E-state index in [1.54, 1.807) is 13.8 Å². The minimum atomic E-state index is -0.887. The summed E-state index contributed by atoms with van der Waals surface area (Å²) in [6.07, 6.45) is 0. The van der Waals surface area contributed by atoms with Crippen LogP contribution in [0.25, 0.3) is 0 Å². The molecule has 0 heterocycles. The fraction of sp³-hybridized carbons (Fsp3) is 0.333. The third kappa shape index (κ3) is 3.89. The van der Waals surface area contributed by atoms with Crippen molar-refractivity contribution in [3.05, 3.63) is 33.9 Å². The zero-order valence-corrected chi connectivity index (χ0v) is 11.6. The van der Waals surface area contributed by atoms with Crippen molar-refractivity contribution in [2.24, 2.45) is 17.5 Å². The van der Waals surface area contributed by atoms with Crippen molar-refractivity contribution >= 4 is 23.2 Å². The topological polar surface area (TPSA) is 153 Å². The van der Waals surface area contributed by atoms with Crippen LogP contribution in [-0.4, -0.2) is 22.8 Å². The molecule has 0 radical (unpaired) electrons. The number of primary amides is 1. The van der Waals surface area contributed by atoms with Crippen molar-refractivity contribution in [1.29, 1.82) is 0 Å². The zero-order valence-electron chi connectivity index (χ0n) is 11.6. The molecule has 0 bridgehead atoms. The third-order valence-corrected chi connectivity index (χ3v) is 2.87. The van der Waals surface area contributed by atoms with Gasteiger partial charge in [-0.15, -0.1) is 0 Å². The largest absolute Gasteiger partial charge is 0.368 e. The maximum Gasteiger partial charge on any atom is 0.270 e. The number of hydrogen-bond donors (Lipinski definition) is 4. The van der Waals surface area contributed by atoms with E-state index in [1.165, 1.54) is 12.1 Å². The van der Waals surface area contributed by atoms with Gasteiger partial charge in [0.25, 0.3) is 11.6 Å². The Morgan fingerprint density at radius 2 is 1.95 bits per heavy atom. The number of nitrogens with one attached hydrogen (secondary N) is 2. The van der Waals surface area contributed by atoms with Crippen LogP contribution >= 0.6 is 0 Å². The molecule has 1 aromatic rings. The Morgan fingerprint density at radius 1 is 1.33 bits per heavy atom. The first-order chi connectivity index (χ1) is 9.77. The predicted molar refractivity (Wildman–Crippen MR) is 76.2 cm³/mol. The molecule has 0 saturated heterocycles. The van der Waals surface area contributed by atoms with Crippen molar-refractivity contribution in [2.75, 3.05) is 5.43 Å². The van der Waals surface area contributed by atoms with Gasteiger partial charge in [0.05, 0.1) is 16.2 Å². The van der Waals surface area contributed by atoms with Crippen LogP contribution < -0.4 is 22.3 Å². The van der Waals surface area contributed by atoms with E-state index in [4.69, 9.17) is 11.6 Å². The molecule has 0 saturated carbocycles. The van der Waals surface area contributed by atoms with Gasteiger partial charge in [-0.2, -0.15) is 0 Å². The number of amides is 2. The highest BCUT2D eigenvalue weighted by Crippen LogP contribution is 2.21. The second-order valence-electron chi connectivity index (χ2n) is 4.73. The average Bonchev–Trinajstić information content (AvgIpc) is 2.42. The summed E-state index contributed by atoms with van der Waals surface area (Å²) in [5.41, 5.74) is 7.38. The molecule has 1 unspecified atom stereocenters. The van der Waals surface area contributed by atoms with Crippen LogP contribution in [0.15, 0.2) is 18.2 Å². The smallest absolute Gasteiger partial charge is 0.270 e. The van der Waals surface area contributed by atoms with Gasteiger partial charge in [-0.05, 0) is 12.0 Å². The Hall–Kier alpha value is -2.68. The van der Waals surface area contributed by atoms with Crippen molar-refractivity contribution in [3.8, 4) is 0 Å². The molecule has 114 valence electrons. The van der Waals surface area contributed by atoms with E-state index in [0.717, 1.165) is 6.07 Å². The minimum absolute atomic E-state index is 0.0430. The number of nitrogen functional groups attached to an aromatic ring is 1. The number of nitro benzene ring substituents is 1.